The number of halogens is 1. The van der Waals surface area contributed by atoms with Crippen molar-refractivity contribution in [3.8, 4) is 0 Å². The number of rotatable bonds is 2. The predicted octanol–water partition coefficient (Wildman–Crippen LogP) is -0.0204. The zero-order valence-electron chi connectivity index (χ0n) is 4.03. The third-order valence-corrected chi connectivity index (χ3v) is 0.376. The molecule has 38 valence electrons. The molecule has 0 amide bonds. The van der Waals surface area contributed by atoms with Gasteiger partial charge in [0.1, 0.15) is 0 Å². The van der Waals surface area contributed by atoms with E-state index in [0.717, 1.165) is 0 Å². The molecule has 0 aromatic rings. The second-order valence-electron chi connectivity index (χ2n) is 1.12. The van der Waals surface area contributed by atoms with Gasteiger partial charge in [-0.05, 0) is 7.05 Å². The number of hydrogen-bond donors (Lipinski definition) is 1. The fourth-order valence-corrected chi connectivity index (χ4v) is 0.218. The standard InChI is InChI=1S/C3H9FN2/c1-5-3-6(2)4/h5H,3H2,1-2H3. The van der Waals surface area contributed by atoms with Gasteiger partial charge < -0.3 is 5.32 Å². The molecule has 0 aliphatic heterocycles. The van der Waals surface area contributed by atoms with Crippen LogP contribution in [0.3, 0.4) is 0 Å². The molecule has 0 atom stereocenters. The van der Waals surface area contributed by atoms with Crippen LogP contribution in [0.1, 0.15) is 0 Å². The van der Waals surface area contributed by atoms with Crippen LogP contribution in [-0.4, -0.2) is 25.9 Å². The molecule has 6 heavy (non-hydrogen) atoms. The van der Waals surface area contributed by atoms with Crippen LogP contribution >= 0.6 is 0 Å². The van der Waals surface area contributed by atoms with E-state index in [0.29, 0.717) is 11.8 Å². The molecule has 0 fully saturated rings. The average Bonchev–Trinajstić information content (AvgIpc) is 1.35. The first-order chi connectivity index (χ1) is 2.77. The Bertz CT molecular complexity index is 30.0. The Kier molecular flexibility index (Phi) is 2.98. The second-order valence-corrected chi connectivity index (χ2v) is 1.12. The first kappa shape index (κ1) is 5.85. The van der Waals surface area contributed by atoms with Crippen molar-refractivity contribution < 1.29 is 4.48 Å². The minimum absolute atomic E-state index is 0.292. The minimum atomic E-state index is 0.292. The summed E-state index contributed by atoms with van der Waals surface area (Å²) in [5.74, 6) is 0. The minimum Gasteiger partial charge on any atom is -0.305 e. The van der Waals surface area contributed by atoms with E-state index in [4.69, 9.17) is 0 Å². The van der Waals surface area contributed by atoms with Crippen LogP contribution in [0.25, 0.3) is 0 Å². The third-order valence-electron chi connectivity index (χ3n) is 0.376. The molecule has 0 aliphatic carbocycles. The fraction of sp³-hybridized carbons (Fsp3) is 1.00. The summed E-state index contributed by atoms with van der Waals surface area (Å²) in [7, 11) is 3.05. The summed E-state index contributed by atoms with van der Waals surface area (Å²) in [5, 5.41) is 3.19. The van der Waals surface area contributed by atoms with Gasteiger partial charge in [0, 0.05) is 7.05 Å². The zero-order chi connectivity index (χ0) is 4.99. The lowest BCUT2D eigenvalue weighted by Gasteiger charge is -1.99. The quantitative estimate of drug-likeness (QED) is 0.380. The molecule has 0 saturated carbocycles. The molecule has 0 bridgehead atoms. The Morgan fingerprint density at radius 1 is 1.83 bits per heavy atom. The number of nitrogens with zero attached hydrogens (tertiary/aromatic N) is 1. The van der Waals surface area contributed by atoms with Gasteiger partial charge in [-0.25, -0.2) is 0 Å². The Balaban J connectivity index is 2.63. The molecule has 0 saturated heterocycles. The summed E-state index contributed by atoms with van der Waals surface area (Å²) in [6.07, 6.45) is 0. The zero-order valence-corrected chi connectivity index (χ0v) is 4.03. The van der Waals surface area contributed by atoms with Crippen molar-refractivity contribution in [1.82, 2.24) is 10.4 Å². The number of hydrogen-bond acceptors (Lipinski definition) is 2. The molecule has 1 N–H and O–H groups in total. The van der Waals surface area contributed by atoms with Crippen LogP contribution in [-0.2, 0) is 0 Å². The third kappa shape index (κ3) is 3.85. The summed E-state index contributed by atoms with van der Waals surface area (Å²) in [6, 6.07) is 0. The molecule has 0 unspecified atom stereocenters. The molecule has 0 aliphatic rings. The number of nitrogens with one attached hydrogen (secondary N) is 1. The van der Waals surface area contributed by atoms with Crippen LogP contribution in [0, 0.1) is 0 Å². The summed E-state index contributed by atoms with van der Waals surface area (Å²) in [5.41, 5.74) is 0. The SMILES string of the molecule is CNCN(C)F. The Morgan fingerprint density at radius 2 is 2.33 bits per heavy atom. The van der Waals surface area contributed by atoms with Gasteiger partial charge in [0.15, 0.2) is 0 Å². The monoisotopic (exact) mass is 92.1 g/mol. The van der Waals surface area contributed by atoms with Crippen LogP contribution < -0.4 is 5.32 Å². The van der Waals surface area contributed by atoms with Gasteiger partial charge in [-0.3, -0.25) is 0 Å². The summed E-state index contributed by atoms with van der Waals surface area (Å²) < 4.78 is 11.5. The van der Waals surface area contributed by atoms with E-state index in [2.05, 4.69) is 5.32 Å². The summed E-state index contributed by atoms with van der Waals surface area (Å²) in [4.78, 5) is 0. The van der Waals surface area contributed by atoms with Gasteiger partial charge in [-0.2, -0.15) is 0 Å². The molecule has 0 heterocycles. The average molecular weight is 92.1 g/mol. The predicted molar refractivity (Wildman–Crippen MR) is 22.8 cm³/mol. The van der Waals surface area contributed by atoms with Crippen molar-refractivity contribution in [2.75, 3.05) is 20.8 Å². The van der Waals surface area contributed by atoms with Gasteiger partial charge in [0.2, 0.25) is 0 Å². The first-order valence-corrected chi connectivity index (χ1v) is 1.79. The molecule has 0 spiro atoms. The van der Waals surface area contributed by atoms with Gasteiger partial charge in [-0.15, -0.1) is 9.60 Å². The molecule has 0 radical (unpaired) electrons. The van der Waals surface area contributed by atoms with Crippen LogP contribution in [0.5, 0.6) is 0 Å². The van der Waals surface area contributed by atoms with E-state index in [9.17, 15) is 4.48 Å². The molecule has 2 nitrogen and oxygen atoms in total. The van der Waals surface area contributed by atoms with E-state index in [1.807, 2.05) is 0 Å². The summed E-state index contributed by atoms with van der Waals surface area (Å²) in [6.45, 7) is 0.292. The molecular weight excluding hydrogens is 83.0 g/mol. The molecule has 0 aromatic heterocycles. The summed E-state index contributed by atoms with van der Waals surface area (Å²) >= 11 is 0. The van der Waals surface area contributed by atoms with Gasteiger partial charge in [0.05, 0.1) is 6.67 Å². The van der Waals surface area contributed by atoms with Crippen LogP contribution in [0.15, 0.2) is 0 Å². The highest BCUT2D eigenvalue weighted by Crippen LogP contribution is 1.71. The van der Waals surface area contributed by atoms with E-state index in [1.54, 1.807) is 7.05 Å². The fourth-order valence-electron chi connectivity index (χ4n) is 0.218. The highest BCUT2D eigenvalue weighted by molar-refractivity contribution is 4.22. The van der Waals surface area contributed by atoms with E-state index < -0.39 is 0 Å². The topological polar surface area (TPSA) is 15.3 Å². The molecule has 3 heteroatoms. The van der Waals surface area contributed by atoms with Crippen molar-refractivity contribution in [1.29, 1.82) is 0 Å². The first-order valence-electron chi connectivity index (χ1n) is 1.79. The van der Waals surface area contributed by atoms with E-state index >= 15 is 0 Å². The maximum Gasteiger partial charge on any atom is 0.0776 e. The Morgan fingerprint density at radius 3 is 2.33 bits per heavy atom. The van der Waals surface area contributed by atoms with E-state index in [1.165, 1.54) is 7.05 Å². The highest BCUT2D eigenvalue weighted by Gasteiger charge is 1.83. The lowest BCUT2D eigenvalue weighted by atomic mass is 11.0. The van der Waals surface area contributed by atoms with Gasteiger partial charge >= 0.3 is 0 Å². The van der Waals surface area contributed by atoms with Crippen molar-refractivity contribution in [2.24, 2.45) is 0 Å². The molecule has 0 aromatic carbocycles. The lowest BCUT2D eigenvalue weighted by molar-refractivity contribution is 0.0529. The smallest absolute Gasteiger partial charge is 0.0776 e. The van der Waals surface area contributed by atoms with Gasteiger partial charge in [0.25, 0.3) is 0 Å². The lowest BCUT2D eigenvalue weighted by Crippen LogP contribution is -2.20. The van der Waals surface area contributed by atoms with Crippen molar-refractivity contribution in [3.63, 3.8) is 0 Å². The largest absolute Gasteiger partial charge is 0.305 e. The van der Waals surface area contributed by atoms with Crippen molar-refractivity contribution >= 4 is 0 Å². The van der Waals surface area contributed by atoms with E-state index in [-0.39, 0.29) is 0 Å². The molecular formula is C3H9FN2. The maximum absolute atomic E-state index is 11.5. The second kappa shape index (κ2) is 3.06. The highest BCUT2D eigenvalue weighted by atomic mass is 19.2. The van der Waals surface area contributed by atoms with Crippen LogP contribution in [0.4, 0.5) is 4.48 Å². The van der Waals surface area contributed by atoms with Crippen LogP contribution in [0.2, 0.25) is 0 Å². The van der Waals surface area contributed by atoms with Gasteiger partial charge in [-0.1, -0.05) is 0 Å². The van der Waals surface area contributed by atoms with Crippen molar-refractivity contribution in [2.45, 2.75) is 0 Å². The molecule has 0 rings (SSSR count). The normalized spacial score (nSPS) is 10.0. The van der Waals surface area contributed by atoms with Crippen molar-refractivity contribution in [3.05, 3.63) is 0 Å². The Hall–Kier alpha value is -0.150. The maximum atomic E-state index is 11.5. The Labute approximate surface area is 36.9 Å².